The van der Waals surface area contributed by atoms with Crippen molar-refractivity contribution < 1.29 is 14.8 Å². The molecule has 2 aromatic rings. The van der Waals surface area contributed by atoms with E-state index in [9.17, 15) is 14.9 Å². The summed E-state index contributed by atoms with van der Waals surface area (Å²) in [7, 11) is 0. The Bertz CT molecular complexity index is 635. The van der Waals surface area contributed by atoms with Gasteiger partial charge in [-0.15, -0.1) is 0 Å². The van der Waals surface area contributed by atoms with Crippen LogP contribution in [0.5, 0.6) is 0 Å². The fourth-order valence-corrected chi connectivity index (χ4v) is 2.34. The molecular formula is C11H9BrN2O4. The van der Waals surface area contributed by atoms with E-state index in [1.807, 2.05) is 0 Å². The standard InChI is InChI=1S/C11H9BrN2O4/c12-7-2-3-8-10(11(7)14(17)18)6(5-13-8)1-4-9(15)16/h2-3,5,13H,1,4H2,(H,15,16). The monoisotopic (exact) mass is 312 g/mol. The van der Waals surface area contributed by atoms with Gasteiger partial charge in [-0.05, 0) is 40.0 Å². The van der Waals surface area contributed by atoms with Crippen molar-refractivity contribution >= 4 is 38.5 Å². The Hall–Kier alpha value is -1.89. The van der Waals surface area contributed by atoms with Crippen molar-refractivity contribution in [2.75, 3.05) is 0 Å². The minimum absolute atomic E-state index is 0.0332. The van der Waals surface area contributed by atoms with E-state index in [-0.39, 0.29) is 18.5 Å². The molecule has 1 aromatic heterocycles. The number of nitro benzene ring substituents is 1. The number of rotatable bonds is 4. The number of aliphatic carboxylic acids is 1. The molecule has 18 heavy (non-hydrogen) atoms. The second kappa shape index (κ2) is 4.77. The maximum atomic E-state index is 11.1. The van der Waals surface area contributed by atoms with Gasteiger partial charge in [0.1, 0.15) is 0 Å². The zero-order chi connectivity index (χ0) is 13.3. The number of hydrogen-bond acceptors (Lipinski definition) is 3. The lowest BCUT2D eigenvalue weighted by Crippen LogP contribution is -1.98. The van der Waals surface area contributed by atoms with Gasteiger partial charge in [0, 0.05) is 12.6 Å². The molecule has 1 aromatic carbocycles. The van der Waals surface area contributed by atoms with Gasteiger partial charge in [-0.2, -0.15) is 0 Å². The third-order valence-corrected chi connectivity index (χ3v) is 3.28. The highest BCUT2D eigenvalue weighted by atomic mass is 79.9. The van der Waals surface area contributed by atoms with Crippen LogP contribution in [0.15, 0.2) is 22.8 Å². The molecule has 1 heterocycles. The van der Waals surface area contributed by atoms with Crippen molar-refractivity contribution in [3.05, 3.63) is 38.5 Å². The highest BCUT2D eigenvalue weighted by molar-refractivity contribution is 9.10. The molecule has 2 rings (SSSR count). The topological polar surface area (TPSA) is 96.2 Å². The predicted octanol–water partition coefficient (Wildman–Crippen LogP) is 2.86. The minimum atomic E-state index is -0.929. The molecule has 0 spiro atoms. The minimum Gasteiger partial charge on any atom is -0.481 e. The second-order valence-electron chi connectivity index (χ2n) is 3.78. The molecule has 0 bridgehead atoms. The molecule has 94 valence electrons. The van der Waals surface area contributed by atoms with E-state index < -0.39 is 10.9 Å². The van der Waals surface area contributed by atoms with Gasteiger partial charge in [0.15, 0.2) is 0 Å². The van der Waals surface area contributed by atoms with Crippen LogP contribution in [0, 0.1) is 10.1 Å². The SMILES string of the molecule is O=C(O)CCc1c[nH]c2ccc(Br)c([N+](=O)[O-])c12. The molecule has 0 saturated heterocycles. The van der Waals surface area contributed by atoms with E-state index in [2.05, 4.69) is 20.9 Å². The van der Waals surface area contributed by atoms with Gasteiger partial charge in [-0.1, -0.05) is 0 Å². The van der Waals surface area contributed by atoms with E-state index in [0.29, 0.717) is 20.9 Å². The number of hydrogen-bond donors (Lipinski definition) is 2. The highest BCUT2D eigenvalue weighted by Crippen LogP contribution is 2.35. The number of nitro groups is 1. The number of nitrogens with one attached hydrogen (secondary N) is 1. The molecule has 0 aliphatic rings. The summed E-state index contributed by atoms with van der Waals surface area (Å²) in [6.07, 6.45) is 1.82. The zero-order valence-electron chi connectivity index (χ0n) is 9.14. The molecule has 7 heteroatoms. The number of aromatic amines is 1. The quantitative estimate of drug-likeness (QED) is 0.670. The molecule has 0 aliphatic carbocycles. The van der Waals surface area contributed by atoms with Crippen molar-refractivity contribution in [2.24, 2.45) is 0 Å². The molecular weight excluding hydrogens is 304 g/mol. The number of aromatic nitrogens is 1. The lowest BCUT2D eigenvalue weighted by atomic mass is 10.1. The number of carboxylic acids is 1. The summed E-state index contributed by atoms with van der Waals surface area (Å²) in [5.41, 5.74) is 1.24. The number of carboxylic acid groups (broad SMARTS) is 1. The van der Waals surface area contributed by atoms with Crippen LogP contribution in [-0.2, 0) is 11.2 Å². The van der Waals surface area contributed by atoms with E-state index in [4.69, 9.17) is 5.11 Å². The molecule has 2 N–H and O–H groups in total. The molecule has 0 atom stereocenters. The number of nitrogens with zero attached hydrogens (tertiary/aromatic N) is 1. The second-order valence-corrected chi connectivity index (χ2v) is 4.64. The summed E-state index contributed by atoms with van der Waals surface area (Å²) in [6.45, 7) is 0. The summed E-state index contributed by atoms with van der Waals surface area (Å²) in [6, 6.07) is 3.31. The predicted molar refractivity (Wildman–Crippen MR) is 68.6 cm³/mol. The van der Waals surface area contributed by atoms with Gasteiger partial charge < -0.3 is 10.1 Å². The van der Waals surface area contributed by atoms with Gasteiger partial charge >= 0.3 is 5.97 Å². The Morgan fingerprint density at radius 3 is 2.83 bits per heavy atom. The average molecular weight is 313 g/mol. The fourth-order valence-electron chi connectivity index (χ4n) is 1.87. The third-order valence-electron chi connectivity index (χ3n) is 2.64. The van der Waals surface area contributed by atoms with Crippen molar-refractivity contribution in [2.45, 2.75) is 12.8 Å². The Morgan fingerprint density at radius 1 is 1.50 bits per heavy atom. The van der Waals surface area contributed by atoms with Crippen LogP contribution in [0.2, 0.25) is 0 Å². The summed E-state index contributed by atoms with van der Waals surface area (Å²) in [5, 5.41) is 20.2. The van der Waals surface area contributed by atoms with Crippen molar-refractivity contribution in [1.29, 1.82) is 0 Å². The Balaban J connectivity index is 2.58. The maximum absolute atomic E-state index is 11.1. The molecule has 0 fully saturated rings. The third kappa shape index (κ3) is 2.21. The first-order valence-electron chi connectivity index (χ1n) is 5.15. The van der Waals surface area contributed by atoms with Crippen LogP contribution >= 0.6 is 15.9 Å². The van der Waals surface area contributed by atoms with Gasteiger partial charge in [-0.25, -0.2) is 0 Å². The van der Waals surface area contributed by atoms with E-state index in [0.717, 1.165) is 0 Å². The number of carbonyl (C=O) groups is 1. The molecule has 0 saturated carbocycles. The first-order valence-corrected chi connectivity index (χ1v) is 5.94. The average Bonchev–Trinajstić information content (AvgIpc) is 2.68. The van der Waals surface area contributed by atoms with Gasteiger partial charge in [0.05, 0.1) is 20.3 Å². The number of benzene rings is 1. The largest absolute Gasteiger partial charge is 0.481 e. The van der Waals surface area contributed by atoms with Gasteiger partial charge in [0.25, 0.3) is 5.69 Å². The summed E-state index contributed by atoms with van der Waals surface area (Å²) in [5.74, 6) is -0.929. The van der Waals surface area contributed by atoms with Crippen LogP contribution in [0.25, 0.3) is 10.9 Å². The van der Waals surface area contributed by atoms with Gasteiger partial charge in [0.2, 0.25) is 0 Å². The number of aryl methyl sites for hydroxylation is 1. The highest BCUT2D eigenvalue weighted by Gasteiger charge is 2.21. The van der Waals surface area contributed by atoms with Crippen molar-refractivity contribution in [3.8, 4) is 0 Å². The Morgan fingerprint density at radius 2 is 2.22 bits per heavy atom. The first-order chi connectivity index (χ1) is 8.50. The number of H-pyrrole nitrogens is 1. The molecule has 0 unspecified atom stereocenters. The van der Waals surface area contributed by atoms with Crippen LogP contribution < -0.4 is 0 Å². The van der Waals surface area contributed by atoms with E-state index >= 15 is 0 Å². The van der Waals surface area contributed by atoms with Gasteiger partial charge in [-0.3, -0.25) is 14.9 Å². The molecule has 0 aliphatic heterocycles. The smallest absolute Gasteiger partial charge is 0.303 e. The van der Waals surface area contributed by atoms with Crippen molar-refractivity contribution in [1.82, 2.24) is 4.98 Å². The van der Waals surface area contributed by atoms with Crippen LogP contribution in [0.3, 0.4) is 0 Å². The summed E-state index contributed by atoms with van der Waals surface area (Å²) in [4.78, 5) is 24.1. The Kier molecular flexibility index (Phi) is 3.33. The Labute approximate surface area is 110 Å². The van der Waals surface area contributed by atoms with E-state index in [1.54, 1.807) is 18.3 Å². The number of halogens is 1. The molecule has 6 nitrogen and oxygen atoms in total. The maximum Gasteiger partial charge on any atom is 0.303 e. The molecule has 0 radical (unpaired) electrons. The lowest BCUT2D eigenvalue weighted by Gasteiger charge is -2.00. The van der Waals surface area contributed by atoms with E-state index in [1.165, 1.54) is 0 Å². The molecule has 0 amide bonds. The lowest BCUT2D eigenvalue weighted by molar-refractivity contribution is -0.383. The first kappa shape index (κ1) is 12.6. The van der Waals surface area contributed by atoms with Crippen LogP contribution in [-0.4, -0.2) is 21.0 Å². The van der Waals surface area contributed by atoms with Crippen LogP contribution in [0.1, 0.15) is 12.0 Å². The van der Waals surface area contributed by atoms with Crippen LogP contribution in [0.4, 0.5) is 5.69 Å². The zero-order valence-corrected chi connectivity index (χ0v) is 10.7. The normalized spacial score (nSPS) is 10.7. The number of fused-ring (bicyclic) bond motifs is 1. The fraction of sp³-hybridized carbons (Fsp3) is 0.182. The summed E-state index contributed by atoms with van der Waals surface area (Å²) >= 11 is 3.15. The summed E-state index contributed by atoms with van der Waals surface area (Å²) < 4.78 is 0.385. The van der Waals surface area contributed by atoms with Crippen molar-refractivity contribution in [3.63, 3.8) is 0 Å².